The van der Waals surface area contributed by atoms with Gasteiger partial charge in [0.25, 0.3) is 0 Å². The number of carbonyl (C=O) groups excluding carboxylic acids is 1. The second-order valence-electron chi connectivity index (χ2n) is 14.3. The molecule has 7 rings (SSSR count). The zero-order chi connectivity index (χ0) is 27.7. The van der Waals surface area contributed by atoms with E-state index >= 15 is 0 Å². The van der Waals surface area contributed by atoms with Crippen LogP contribution in [0.1, 0.15) is 57.8 Å². The first-order valence-electron chi connectivity index (χ1n) is 15.6. The maximum absolute atomic E-state index is 14.5. The van der Waals surface area contributed by atoms with E-state index in [4.69, 9.17) is 9.47 Å². The summed E-state index contributed by atoms with van der Waals surface area (Å²) in [6.45, 7) is 5.53. The van der Waals surface area contributed by atoms with Crippen LogP contribution in [0, 0.1) is 35.0 Å². The zero-order valence-corrected chi connectivity index (χ0v) is 23.8. The predicted octanol–water partition coefficient (Wildman–Crippen LogP) is 2.80. The molecule has 0 aromatic carbocycles. The van der Waals surface area contributed by atoms with Gasteiger partial charge in [0.15, 0.2) is 0 Å². The Balaban J connectivity index is 1.05. The van der Waals surface area contributed by atoms with Crippen molar-refractivity contribution in [3.8, 4) is 0 Å². The second-order valence-corrected chi connectivity index (χ2v) is 14.3. The Morgan fingerprint density at radius 2 is 1.85 bits per heavy atom. The van der Waals surface area contributed by atoms with Crippen molar-refractivity contribution in [2.75, 3.05) is 59.8 Å². The molecule has 7 unspecified atom stereocenters. The topological polar surface area (TPSA) is 69.3 Å². The van der Waals surface area contributed by atoms with Crippen LogP contribution in [-0.4, -0.2) is 104 Å². The Kier molecular flexibility index (Phi) is 7.19. The standard InChI is InChI=1S/C29H46F3N5O3/c1-35-18-33-34-25(35)11-27(14-39-15-27)20-4-2-5-21(10-20)37-13-23-22(26(37)38)8-19(9-24(23)29(30,31)32)12-36-7-3-6-28(36)16-40-17-28/h19-25,33-34H,2-18H2,1H3. The van der Waals surface area contributed by atoms with Crippen molar-refractivity contribution in [1.29, 1.82) is 0 Å². The number of hydrazine groups is 1. The fourth-order valence-electron chi connectivity index (χ4n) is 9.61. The molecule has 5 heterocycles. The van der Waals surface area contributed by atoms with Crippen LogP contribution in [0.4, 0.5) is 13.2 Å². The molecule has 1 amide bonds. The monoisotopic (exact) mass is 569 g/mol. The molecule has 0 aromatic rings. The van der Waals surface area contributed by atoms with Crippen molar-refractivity contribution in [2.24, 2.45) is 35.0 Å². The summed E-state index contributed by atoms with van der Waals surface area (Å²) in [5.74, 6) is -2.15. The number of hydrogen-bond donors (Lipinski definition) is 2. The van der Waals surface area contributed by atoms with Crippen LogP contribution in [0.15, 0.2) is 0 Å². The van der Waals surface area contributed by atoms with Gasteiger partial charge in [-0.05, 0) is 82.7 Å². The number of carbonyl (C=O) groups is 1. The number of fused-ring (bicyclic) bond motifs is 1. The summed E-state index contributed by atoms with van der Waals surface area (Å²) in [5, 5.41) is 0. The fourth-order valence-corrected chi connectivity index (χ4v) is 9.61. The molecule has 1 spiro atoms. The van der Waals surface area contributed by atoms with Gasteiger partial charge in [0, 0.05) is 30.5 Å². The highest BCUT2D eigenvalue weighted by Gasteiger charge is 2.59. The minimum absolute atomic E-state index is 0.00184. The number of halogens is 3. The Bertz CT molecular complexity index is 960. The van der Waals surface area contributed by atoms with Crippen LogP contribution in [0.3, 0.4) is 0 Å². The average Bonchev–Trinajstić information content (AvgIpc) is 3.58. The van der Waals surface area contributed by atoms with Gasteiger partial charge in [-0.2, -0.15) is 13.2 Å². The van der Waals surface area contributed by atoms with Crippen LogP contribution in [-0.2, 0) is 14.3 Å². The molecule has 7 fully saturated rings. The van der Waals surface area contributed by atoms with Crippen LogP contribution in [0.2, 0.25) is 0 Å². The van der Waals surface area contributed by atoms with E-state index in [1.165, 1.54) is 0 Å². The first kappa shape index (κ1) is 27.8. The van der Waals surface area contributed by atoms with Crippen molar-refractivity contribution in [3.05, 3.63) is 0 Å². The minimum Gasteiger partial charge on any atom is -0.380 e. The van der Waals surface area contributed by atoms with Gasteiger partial charge in [-0.15, -0.1) is 0 Å². The van der Waals surface area contributed by atoms with Crippen LogP contribution >= 0.6 is 0 Å². The van der Waals surface area contributed by atoms with E-state index < -0.39 is 23.9 Å². The maximum Gasteiger partial charge on any atom is 0.392 e. The van der Waals surface area contributed by atoms with E-state index in [9.17, 15) is 18.0 Å². The van der Waals surface area contributed by atoms with Crippen molar-refractivity contribution >= 4 is 5.91 Å². The van der Waals surface area contributed by atoms with E-state index in [1.807, 2.05) is 4.90 Å². The van der Waals surface area contributed by atoms with Crippen LogP contribution < -0.4 is 10.9 Å². The van der Waals surface area contributed by atoms with Crippen molar-refractivity contribution in [1.82, 2.24) is 25.6 Å². The first-order valence-corrected chi connectivity index (χ1v) is 15.6. The molecular weight excluding hydrogens is 523 g/mol. The third kappa shape index (κ3) is 4.71. The minimum atomic E-state index is -4.27. The van der Waals surface area contributed by atoms with Gasteiger partial charge in [-0.3, -0.25) is 14.6 Å². The summed E-state index contributed by atoms with van der Waals surface area (Å²) >= 11 is 0. The molecule has 0 radical (unpaired) electrons. The van der Waals surface area contributed by atoms with Crippen molar-refractivity contribution in [2.45, 2.75) is 81.7 Å². The van der Waals surface area contributed by atoms with E-state index in [1.54, 1.807) is 0 Å². The van der Waals surface area contributed by atoms with Gasteiger partial charge >= 0.3 is 6.18 Å². The molecule has 0 aromatic heterocycles. The maximum atomic E-state index is 14.5. The average molecular weight is 570 g/mol. The summed E-state index contributed by atoms with van der Waals surface area (Å²) in [6, 6.07) is 0.0445. The molecule has 5 aliphatic heterocycles. The van der Waals surface area contributed by atoms with E-state index in [0.717, 1.165) is 71.4 Å². The number of ether oxygens (including phenoxy) is 2. The number of amides is 1. The Labute approximate surface area is 235 Å². The number of alkyl halides is 3. The van der Waals surface area contributed by atoms with E-state index in [0.29, 0.717) is 32.1 Å². The molecule has 2 aliphatic carbocycles. The van der Waals surface area contributed by atoms with Gasteiger partial charge < -0.3 is 14.4 Å². The highest BCUT2D eigenvalue weighted by molar-refractivity contribution is 5.82. The normalized spacial score (nSPS) is 41.8. The number of nitrogens with one attached hydrogen (secondary N) is 2. The largest absolute Gasteiger partial charge is 0.392 e. The lowest BCUT2D eigenvalue weighted by atomic mass is 9.64. The summed E-state index contributed by atoms with van der Waals surface area (Å²) in [5.41, 5.74) is 6.70. The molecule has 11 heteroatoms. The summed E-state index contributed by atoms with van der Waals surface area (Å²) in [4.78, 5) is 20.5. The number of nitrogens with zero attached hydrogens (tertiary/aromatic N) is 3. The van der Waals surface area contributed by atoms with E-state index in [-0.39, 0.29) is 48.0 Å². The van der Waals surface area contributed by atoms with Crippen molar-refractivity contribution < 1.29 is 27.4 Å². The SMILES string of the molecule is CN1CNNC1CC1(C2CCCC(N3CC4C(CC(CN5CCCC56COC6)CC4C(F)(F)F)C3=O)C2)COC1. The van der Waals surface area contributed by atoms with E-state index in [2.05, 4.69) is 27.7 Å². The third-order valence-electron chi connectivity index (χ3n) is 12.1. The smallest absolute Gasteiger partial charge is 0.380 e. The molecule has 226 valence electrons. The lowest BCUT2D eigenvalue weighted by Gasteiger charge is -2.52. The van der Waals surface area contributed by atoms with Gasteiger partial charge in [0.2, 0.25) is 5.91 Å². The Morgan fingerprint density at radius 3 is 2.50 bits per heavy atom. The molecule has 2 N–H and O–H groups in total. The summed E-state index contributed by atoms with van der Waals surface area (Å²) in [7, 11) is 2.10. The summed E-state index contributed by atoms with van der Waals surface area (Å²) < 4.78 is 54.8. The summed E-state index contributed by atoms with van der Waals surface area (Å²) in [6.07, 6.45) is 3.77. The van der Waals surface area contributed by atoms with Gasteiger partial charge in [0.05, 0.1) is 50.7 Å². The predicted molar refractivity (Wildman–Crippen MR) is 142 cm³/mol. The molecular formula is C29H46F3N5O3. The molecule has 7 aliphatic rings. The number of hydrogen-bond acceptors (Lipinski definition) is 7. The first-order chi connectivity index (χ1) is 19.2. The molecule has 5 saturated heterocycles. The molecule has 40 heavy (non-hydrogen) atoms. The van der Waals surface area contributed by atoms with Gasteiger partial charge in [-0.1, -0.05) is 6.42 Å². The number of likely N-dealkylation sites (tertiary alicyclic amines) is 2. The highest BCUT2D eigenvalue weighted by atomic mass is 19.4. The molecule has 0 bridgehead atoms. The quantitative estimate of drug-likeness (QED) is 0.510. The fraction of sp³-hybridized carbons (Fsp3) is 0.966. The van der Waals surface area contributed by atoms with Gasteiger partial charge in [0.1, 0.15) is 0 Å². The Hall–Kier alpha value is -0.980. The molecule has 7 atom stereocenters. The lowest BCUT2D eigenvalue weighted by Crippen LogP contribution is -2.60. The Morgan fingerprint density at radius 1 is 1.05 bits per heavy atom. The molecule has 2 saturated carbocycles. The highest BCUT2D eigenvalue weighted by Crippen LogP contribution is 2.53. The lowest BCUT2D eigenvalue weighted by molar-refractivity contribution is -0.205. The second kappa shape index (κ2) is 10.3. The van der Waals surface area contributed by atoms with Crippen LogP contribution in [0.25, 0.3) is 0 Å². The molecule has 8 nitrogen and oxygen atoms in total. The van der Waals surface area contributed by atoms with Crippen LogP contribution in [0.5, 0.6) is 0 Å². The number of rotatable bonds is 6. The van der Waals surface area contributed by atoms with Crippen molar-refractivity contribution in [3.63, 3.8) is 0 Å². The third-order valence-corrected chi connectivity index (χ3v) is 12.1. The van der Waals surface area contributed by atoms with Gasteiger partial charge in [-0.25, -0.2) is 10.9 Å². The zero-order valence-electron chi connectivity index (χ0n) is 23.8.